The molecule has 4 heterocycles. The number of aromatic nitrogens is 3. The van der Waals surface area contributed by atoms with E-state index in [1.807, 2.05) is 0 Å². The van der Waals surface area contributed by atoms with Gasteiger partial charge in [0.2, 0.25) is 5.50 Å². The van der Waals surface area contributed by atoms with E-state index in [9.17, 15) is 22.2 Å². The zero-order chi connectivity index (χ0) is 29.3. The van der Waals surface area contributed by atoms with Crippen molar-refractivity contribution < 1.29 is 47.0 Å². The molecular weight excluding hydrogens is 569 g/mol. The number of pyridine rings is 3. The Labute approximate surface area is 232 Å². The molecule has 0 spiro atoms. The maximum atomic E-state index is 14.1. The summed E-state index contributed by atoms with van der Waals surface area (Å²) in [5, 5.41) is 30.0. The van der Waals surface area contributed by atoms with Crippen molar-refractivity contribution >= 4 is 27.6 Å². The number of hydrogen-bond acceptors (Lipinski definition) is 10. The summed E-state index contributed by atoms with van der Waals surface area (Å²) in [7, 11) is -2.28. The van der Waals surface area contributed by atoms with Gasteiger partial charge in [-0.1, -0.05) is 0 Å². The largest absolute Gasteiger partial charge is 0.453 e. The van der Waals surface area contributed by atoms with Gasteiger partial charge in [0.1, 0.15) is 5.75 Å². The molecule has 3 aromatic heterocycles. The van der Waals surface area contributed by atoms with Gasteiger partial charge in [0, 0.05) is 33.2 Å². The summed E-state index contributed by atoms with van der Waals surface area (Å²) in [4.78, 5) is 25.6. The Morgan fingerprint density at radius 3 is 2.61 bits per heavy atom. The number of carbonyl (C=O) groups excluding carboxylic acids is 1. The first kappa shape index (κ1) is 28.5. The highest BCUT2D eigenvalue weighted by atomic mass is 32.2. The van der Waals surface area contributed by atoms with Gasteiger partial charge in [-0.15, -0.1) is 0 Å². The van der Waals surface area contributed by atoms with Crippen molar-refractivity contribution in [2.75, 3.05) is 6.61 Å². The lowest BCUT2D eigenvalue weighted by atomic mass is 10.0. The summed E-state index contributed by atoms with van der Waals surface area (Å²) in [6.45, 7) is -0.959. The number of amides is 1. The van der Waals surface area contributed by atoms with E-state index in [0.717, 1.165) is 18.3 Å². The van der Waals surface area contributed by atoms with Gasteiger partial charge >= 0.3 is 6.16 Å². The van der Waals surface area contributed by atoms with Gasteiger partial charge in [0.05, 0.1) is 59.4 Å². The number of rotatable bonds is 7. The molecule has 0 bridgehead atoms. The standard InChI is InChI=1S/C26H21F3N4O7S/c27-23-12-39-11-18-17(24(28)29)5-14(6-22(18)41(23)38)25(34)32-9-15-7-21-13(8-30-15)1-3-20(33-21)19-4-2-16(10-31-19)40-26(35,36)37/h1-8,10,23-24,35-37H,9,11-12H2,(H,32,34). The Hall–Kier alpha value is -4.02. The molecule has 4 aromatic rings. The fourth-order valence-electron chi connectivity index (χ4n) is 4.10. The number of nitrogens with zero attached hydrogens (tertiary/aromatic N) is 3. The van der Waals surface area contributed by atoms with Crippen LogP contribution in [0.25, 0.3) is 22.3 Å². The minimum absolute atomic E-state index is 0.0898. The van der Waals surface area contributed by atoms with Crippen molar-refractivity contribution in [2.45, 2.75) is 36.1 Å². The second-order valence-corrected chi connectivity index (χ2v) is 10.4. The minimum atomic E-state index is -3.35. The first-order valence-electron chi connectivity index (χ1n) is 11.9. The maximum Gasteiger partial charge on any atom is 0.453 e. The smallest absolute Gasteiger partial charge is 0.415 e. The molecule has 1 aliphatic rings. The Morgan fingerprint density at radius 2 is 1.90 bits per heavy atom. The highest BCUT2D eigenvalue weighted by Crippen LogP contribution is 2.33. The third kappa shape index (κ3) is 6.49. The van der Waals surface area contributed by atoms with E-state index in [2.05, 4.69) is 25.0 Å². The number of halogens is 3. The van der Waals surface area contributed by atoms with Crippen LogP contribution in [0.15, 0.2) is 59.8 Å². The molecule has 0 saturated carbocycles. The average Bonchev–Trinajstić information content (AvgIpc) is 3.08. The summed E-state index contributed by atoms with van der Waals surface area (Å²) in [5.74, 6) is -0.858. The molecule has 4 N–H and O–H groups in total. The second kappa shape index (κ2) is 11.5. The molecule has 15 heteroatoms. The fraction of sp³-hybridized carbons (Fsp3) is 0.231. The van der Waals surface area contributed by atoms with Crippen molar-refractivity contribution in [3.8, 4) is 17.1 Å². The topological polar surface area (TPSA) is 164 Å². The number of alkyl halides is 3. The highest BCUT2D eigenvalue weighted by molar-refractivity contribution is 7.85. The fourth-order valence-corrected chi connectivity index (χ4v) is 5.26. The third-order valence-electron chi connectivity index (χ3n) is 6.00. The molecule has 0 fully saturated rings. The number of carbonyl (C=O) groups is 1. The van der Waals surface area contributed by atoms with Gasteiger partial charge in [0.15, 0.2) is 0 Å². The lowest BCUT2D eigenvalue weighted by Crippen LogP contribution is -2.34. The van der Waals surface area contributed by atoms with E-state index in [-0.39, 0.29) is 34.9 Å². The van der Waals surface area contributed by atoms with Crippen molar-refractivity contribution in [1.82, 2.24) is 20.3 Å². The Morgan fingerprint density at radius 1 is 1.12 bits per heavy atom. The molecule has 1 aromatic carbocycles. The molecule has 1 aliphatic heterocycles. The molecule has 11 nitrogen and oxygen atoms in total. The number of hydrogen-bond donors (Lipinski definition) is 4. The molecule has 41 heavy (non-hydrogen) atoms. The average molecular weight is 591 g/mol. The number of aliphatic hydroxyl groups is 3. The molecule has 2 atom stereocenters. The van der Waals surface area contributed by atoms with E-state index in [0.29, 0.717) is 28.0 Å². The van der Waals surface area contributed by atoms with E-state index >= 15 is 0 Å². The molecule has 5 rings (SSSR count). The lowest BCUT2D eigenvalue weighted by Gasteiger charge is -2.15. The van der Waals surface area contributed by atoms with Crippen molar-refractivity contribution in [3.63, 3.8) is 0 Å². The van der Waals surface area contributed by atoms with Crippen LogP contribution in [0.1, 0.15) is 33.6 Å². The van der Waals surface area contributed by atoms with Gasteiger partial charge in [0.25, 0.3) is 12.3 Å². The van der Waals surface area contributed by atoms with Gasteiger partial charge in [-0.25, -0.2) is 18.2 Å². The quantitative estimate of drug-likeness (QED) is 0.235. The van der Waals surface area contributed by atoms with Crippen LogP contribution in [-0.4, -0.2) is 58.7 Å². The van der Waals surface area contributed by atoms with Crippen LogP contribution in [0.5, 0.6) is 5.75 Å². The maximum absolute atomic E-state index is 14.1. The molecule has 0 radical (unpaired) electrons. The zero-order valence-corrected chi connectivity index (χ0v) is 21.6. The van der Waals surface area contributed by atoms with Crippen molar-refractivity contribution in [1.29, 1.82) is 0 Å². The normalized spacial score (nSPS) is 17.2. The predicted molar refractivity (Wildman–Crippen MR) is 136 cm³/mol. The Kier molecular flexibility index (Phi) is 7.97. The number of benzene rings is 1. The summed E-state index contributed by atoms with van der Waals surface area (Å²) in [6, 6.07) is 9.97. The van der Waals surface area contributed by atoms with E-state index in [1.165, 1.54) is 18.3 Å². The molecule has 2 unspecified atom stereocenters. The zero-order valence-electron chi connectivity index (χ0n) is 20.8. The predicted octanol–water partition coefficient (Wildman–Crippen LogP) is 2.46. The molecule has 1 amide bonds. The summed E-state index contributed by atoms with van der Waals surface area (Å²) in [6.07, 6.45) is -3.66. The highest BCUT2D eigenvalue weighted by Gasteiger charge is 2.30. The van der Waals surface area contributed by atoms with Crippen LogP contribution < -0.4 is 10.1 Å². The minimum Gasteiger partial charge on any atom is -0.415 e. The number of ether oxygens (including phenoxy) is 2. The van der Waals surface area contributed by atoms with E-state index in [4.69, 9.17) is 20.1 Å². The molecular formula is C26H21F3N4O7S. The van der Waals surface area contributed by atoms with Crippen LogP contribution in [0.4, 0.5) is 13.2 Å². The summed E-state index contributed by atoms with van der Waals surface area (Å²) >= 11 is 0. The van der Waals surface area contributed by atoms with Crippen LogP contribution in [0, 0.1) is 0 Å². The van der Waals surface area contributed by atoms with Crippen molar-refractivity contribution in [2.24, 2.45) is 0 Å². The lowest BCUT2D eigenvalue weighted by molar-refractivity contribution is -0.419. The van der Waals surface area contributed by atoms with Gasteiger partial charge < -0.3 is 30.1 Å². The SMILES string of the molecule is O=C(NCc1cc2nc(-c3ccc(OC(O)(O)O)cn3)ccc2cn1)c1cc(C(F)F)c2c(c1)S(=O)C(F)COC2. The number of fused-ring (bicyclic) bond motifs is 2. The van der Waals surface area contributed by atoms with Crippen LogP contribution in [0.2, 0.25) is 0 Å². The van der Waals surface area contributed by atoms with Crippen LogP contribution in [0.3, 0.4) is 0 Å². The first-order chi connectivity index (χ1) is 19.5. The summed E-state index contributed by atoms with van der Waals surface area (Å²) in [5.41, 5.74) is -1.02. The summed E-state index contributed by atoms with van der Waals surface area (Å²) < 4.78 is 63.7. The third-order valence-corrected chi connectivity index (χ3v) is 7.40. The van der Waals surface area contributed by atoms with Crippen molar-refractivity contribution in [3.05, 3.63) is 77.2 Å². The Bertz CT molecular complexity index is 1630. The van der Waals surface area contributed by atoms with E-state index in [1.54, 1.807) is 18.2 Å². The Balaban J connectivity index is 1.35. The molecule has 0 saturated heterocycles. The van der Waals surface area contributed by atoms with Crippen LogP contribution >= 0.6 is 0 Å². The second-order valence-electron chi connectivity index (χ2n) is 8.87. The molecule has 0 aliphatic carbocycles. The van der Waals surface area contributed by atoms with E-state index < -0.39 is 47.0 Å². The van der Waals surface area contributed by atoms with Gasteiger partial charge in [-0.2, -0.15) is 0 Å². The van der Waals surface area contributed by atoms with Gasteiger partial charge in [-0.3, -0.25) is 19.0 Å². The monoisotopic (exact) mass is 590 g/mol. The molecule has 214 valence electrons. The van der Waals surface area contributed by atoms with Gasteiger partial charge in [-0.05, 0) is 42.5 Å². The number of nitrogens with one attached hydrogen (secondary N) is 1. The first-order valence-corrected chi connectivity index (χ1v) is 13.1. The van der Waals surface area contributed by atoms with Crippen LogP contribution in [-0.2, 0) is 28.7 Å².